The van der Waals surface area contributed by atoms with Crippen LogP contribution in [0.5, 0.6) is 0 Å². The minimum absolute atomic E-state index is 0. The Labute approximate surface area is 142 Å². The molecule has 1 aliphatic rings. The summed E-state index contributed by atoms with van der Waals surface area (Å²) < 4.78 is 1.91. The molecule has 1 fully saturated rings. The second-order valence-electron chi connectivity index (χ2n) is 5.69. The molecule has 0 bridgehead atoms. The number of rotatable bonds is 4. The van der Waals surface area contributed by atoms with E-state index in [2.05, 4.69) is 28.7 Å². The zero-order chi connectivity index (χ0) is 15.4. The topological polar surface area (TPSA) is 59.0 Å². The van der Waals surface area contributed by atoms with Crippen LogP contribution in [0.4, 0.5) is 5.69 Å². The minimum Gasteiger partial charge on any atom is -0.321 e. The highest BCUT2D eigenvalue weighted by Crippen LogP contribution is 2.17. The standard InChI is InChI=1S/C17H22N4O.ClH/c1-2-13-5-3-6-14(11-13)19-17(22)16-8-10-21(20-16)15-7-4-9-18-12-15;/h3,5-6,8,10-11,15,18H,2,4,7,9,12H2,1H3,(H,19,22);1H. The summed E-state index contributed by atoms with van der Waals surface area (Å²) in [6.45, 7) is 4.08. The lowest BCUT2D eigenvalue weighted by Crippen LogP contribution is -2.32. The molecule has 124 valence electrons. The molecule has 0 aliphatic carbocycles. The van der Waals surface area contributed by atoms with Gasteiger partial charge < -0.3 is 10.6 Å². The van der Waals surface area contributed by atoms with Crippen LogP contribution in [0.2, 0.25) is 0 Å². The number of aromatic nitrogens is 2. The lowest BCUT2D eigenvalue weighted by molar-refractivity contribution is 0.102. The summed E-state index contributed by atoms with van der Waals surface area (Å²) in [5.41, 5.74) is 2.49. The molecule has 1 atom stereocenters. The van der Waals surface area contributed by atoms with E-state index in [0.29, 0.717) is 11.7 Å². The number of halogens is 1. The first-order valence-corrected chi connectivity index (χ1v) is 7.92. The van der Waals surface area contributed by atoms with Crippen molar-refractivity contribution >= 4 is 24.0 Å². The van der Waals surface area contributed by atoms with Gasteiger partial charge in [-0.05, 0) is 49.6 Å². The summed E-state index contributed by atoms with van der Waals surface area (Å²) in [4.78, 5) is 12.3. The van der Waals surface area contributed by atoms with Crippen molar-refractivity contribution in [1.29, 1.82) is 0 Å². The number of nitrogens with one attached hydrogen (secondary N) is 2. The number of piperidine rings is 1. The van der Waals surface area contributed by atoms with E-state index in [1.165, 1.54) is 5.56 Å². The van der Waals surface area contributed by atoms with Crippen molar-refractivity contribution < 1.29 is 4.79 Å². The molecule has 5 nitrogen and oxygen atoms in total. The maximum atomic E-state index is 12.3. The van der Waals surface area contributed by atoms with E-state index in [4.69, 9.17) is 0 Å². The first-order valence-electron chi connectivity index (χ1n) is 7.92. The summed E-state index contributed by atoms with van der Waals surface area (Å²) in [6.07, 6.45) is 5.10. The third-order valence-electron chi connectivity index (χ3n) is 4.08. The van der Waals surface area contributed by atoms with Crippen molar-refractivity contribution in [2.45, 2.75) is 32.2 Å². The molecule has 0 saturated carbocycles. The van der Waals surface area contributed by atoms with Crippen LogP contribution in [-0.2, 0) is 6.42 Å². The predicted molar refractivity (Wildman–Crippen MR) is 94.4 cm³/mol. The molecule has 1 amide bonds. The van der Waals surface area contributed by atoms with Gasteiger partial charge >= 0.3 is 0 Å². The van der Waals surface area contributed by atoms with E-state index >= 15 is 0 Å². The Hall–Kier alpha value is -1.85. The molecule has 1 saturated heterocycles. The van der Waals surface area contributed by atoms with E-state index in [-0.39, 0.29) is 18.3 Å². The van der Waals surface area contributed by atoms with Crippen LogP contribution in [0.3, 0.4) is 0 Å². The molecule has 6 heteroatoms. The summed E-state index contributed by atoms with van der Waals surface area (Å²) in [5, 5.41) is 10.7. The molecule has 0 spiro atoms. The predicted octanol–water partition coefficient (Wildman–Crippen LogP) is 3.04. The average Bonchev–Trinajstić information content (AvgIpc) is 3.06. The Balaban J connectivity index is 0.00000192. The fourth-order valence-corrected chi connectivity index (χ4v) is 2.79. The molecule has 2 heterocycles. The monoisotopic (exact) mass is 334 g/mol. The van der Waals surface area contributed by atoms with E-state index in [1.807, 2.05) is 29.1 Å². The lowest BCUT2D eigenvalue weighted by Gasteiger charge is -2.22. The number of carbonyl (C=O) groups is 1. The van der Waals surface area contributed by atoms with Crippen molar-refractivity contribution in [3.8, 4) is 0 Å². The van der Waals surface area contributed by atoms with Crippen LogP contribution in [0.25, 0.3) is 0 Å². The summed E-state index contributed by atoms with van der Waals surface area (Å²) >= 11 is 0. The van der Waals surface area contributed by atoms with Crippen molar-refractivity contribution in [2.24, 2.45) is 0 Å². The Morgan fingerprint density at radius 1 is 1.43 bits per heavy atom. The molecular formula is C17H23ClN4O. The SMILES string of the molecule is CCc1cccc(NC(=O)c2ccn(C3CCCNC3)n2)c1.Cl. The van der Waals surface area contributed by atoms with Gasteiger partial charge in [-0.15, -0.1) is 12.4 Å². The first-order chi connectivity index (χ1) is 10.8. The van der Waals surface area contributed by atoms with Gasteiger partial charge in [0.1, 0.15) is 0 Å². The molecule has 1 aliphatic heterocycles. The Kier molecular flexibility index (Phi) is 6.19. The highest BCUT2D eigenvalue weighted by atomic mass is 35.5. The number of carbonyl (C=O) groups excluding carboxylic acids is 1. The molecule has 1 unspecified atom stereocenters. The van der Waals surface area contributed by atoms with Crippen LogP contribution in [0.1, 0.15) is 41.9 Å². The van der Waals surface area contributed by atoms with Gasteiger partial charge in [0.2, 0.25) is 0 Å². The molecule has 1 aromatic heterocycles. The van der Waals surface area contributed by atoms with E-state index in [1.54, 1.807) is 6.07 Å². The zero-order valence-corrected chi connectivity index (χ0v) is 14.1. The van der Waals surface area contributed by atoms with Crippen LogP contribution in [0.15, 0.2) is 36.5 Å². The van der Waals surface area contributed by atoms with Crippen LogP contribution >= 0.6 is 12.4 Å². The quantitative estimate of drug-likeness (QED) is 0.903. The Bertz CT molecular complexity index is 650. The second-order valence-corrected chi connectivity index (χ2v) is 5.69. The van der Waals surface area contributed by atoms with Gasteiger partial charge in [-0.3, -0.25) is 9.48 Å². The van der Waals surface area contributed by atoms with Crippen molar-refractivity contribution in [2.75, 3.05) is 18.4 Å². The maximum absolute atomic E-state index is 12.3. The number of hydrogen-bond donors (Lipinski definition) is 2. The van der Waals surface area contributed by atoms with E-state index in [9.17, 15) is 4.79 Å². The van der Waals surface area contributed by atoms with E-state index in [0.717, 1.165) is 38.0 Å². The van der Waals surface area contributed by atoms with Gasteiger partial charge in [-0.2, -0.15) is 5.10 Å². The van der Waals surface area contributed by atoms with Gasteiger partial charge in [-0.25, -0.2) is 0 Å². The molecule has 0 radical (unpaired) electrons. The van der Waals surface area contributed by atoms with Crippen LogP contribution in [0, 0.1) is 0 Å². The summed E-state index contributed by atoms with van der Waals surface area (Å²) in [6, 6.07) is 10.0. The smallest absolute Gasteiger partial charge is 0.276 e. The molecule has 2 aromatic rings. The molecule has 3 rings (SSSR count). The molecule has 23 heavy (non-hydrogen) atoms. The minimum atomic E-state index is -0.157. The highest BCUT2D eigenvalue weighted by molar-refractivity contribution is 6.02. The largest absolute Gasteiger partial charge is 0.321 e. The van der Waals surface area contributed by atoms with Crippen LogP contribution in [-0.4, -0.2) is 28.8 Å². The first kappa shape index (κ1) is 17.5. The zero-order valence-electron chi connectivity index (χ0n) is 13.3. The molecular weight excluding hydrogens is 312 g/mol. The summed E-state index contributed by atoms with van der Waals surface area (Å²) in [5.74, 6) is -0.157. The van der Waals surface area contributed by atoms with Gasteiger partial charge in [0.25, 0.3) is 5.91 Å². The third kappa shape index (κ3) is 4.33. The van der Waals surface area contributed by atoms with Gasteiger partial charge in [-0.1, -0.05) is 19.1 Å². The van der Waals surface area contributed by atoms with Crippen molar-refractivity contribution in [3.63, 3.8) is 0 Å². The summed E-state index contributed by atoms with van der Waals surface area (Å²) in [7, 11) is 0. The highest BCUT2D eigenvalue weighted by Gasteiger charge is 2.17. The number of aryl methyl sites for hydroxylation is 1. The fraction of sp³-hybridized carbons (Fsp3) is 0.412. The van der Waals surface area contributed by atoms with Crippen molar-refractivity contribution in [1.82, 2.24) is 15.1 Å². The maximum Gasteiger partial charge on any atom is 0.276 e. The number of anilines is 1. The third-order valence-corrected chi connectivity index (χ3v) is 4.08. The van der Waals surface area contributed by atoms with Gasteiger partial charge in [0, 0.05) is 18.4 Å². The Morgan fingerprint density at radius 2 is 2.30 bits per heavy atom. The van der Waals surface area contributed by atoms with E-state index < -0.39 is 0 Å². The average molecular weight is 335 g/mol. The van der Waals surface area contributed by atoms with Gasteiger partial charge in [0.05, 0.1) is 6.04 Å². The lowest BCUT2D eigenvalue weighted by atomic mass is 10.1. The fourth-order valence-electron chi connectivity index (χ4n) is 2.79. The molecule has 2 N–H and O–H groups in total. The number of amides is 1. The Morgan fingerprint density at radius 3 is 3.04 bits per heavy atom. The number of nitrogens with zero attached hydrogens (tertiary/aromatic N) is 2. The van der Waals surface area contributed by atoms with Crippen molar-refractivity contribution in [3.05, 3.63) is 47.8 Å². The molecule has 1 aromatic carbocycles. The van der Waals surface area contributed by atoms with Crippen LogP contribution < -0.4 is 10.6 Å². The van der Waals surface area contributed by atoms with Gasteiger partial charge in [0.15, 0.2) is 5.69 Å². The normalized spacial score (nSPS) is 17.3. The second kappa shape index (κ2) is 8.13. The number of benzene rings is 1. The number of hydrogen-bond acceptors (Lipinski definition) is 3.